The van der Waals surface area contributed by atoms with Crippen molar-refractivity contribution in [1.82, 2.24) is 0 Å². The zero-order valence-corrected chi connectivity index (χ0v) is 9.06. The van der Waals surface area contributed by atoms with Crippen LogP contribution in [0.25, 0.3) is 0 Å². The first-order valence-corrected chi connectivity index (χ1v) is 4.58. The van der Waals surface area contributed by atoms with Crippen LogP contribution in [0.2, 0.25) is 0 Å². The number of alkyl halides is 3. The monoisotopic (exact) mass is 266 g/mol. The van der Waals surface area contributed by atoms with Gasteiger partial charge in [-0.2, -0.15) is 0 Å². The number of benzene rings is 1. The molecule has 0 aliphatic carbocycles. The van der Waals surface area contributed by atoms with Gasteiger partial charge in [-0.05, 0) is 17.7 Å². The van der Waals surface area contributed by atoms with Gasteiger partial charge >= 0.3 is 12.3 Å². The highest BCUT2D eigenvalue weighted by molar-refractivity contribution is 5.74. The first kappa shape index (κ1) is 14.1. The molecule has 8 heteroatoms. The Bertz CT molecular complexity index is 444. The van der Waals surface area contributed by atoms with Crippen LogP contribution in [0.4, 0.5) is 13.2 Å². The summed E-state index contributed by atoms with van der Waals surface area (Å²) in [6.45, 7) is 0. The third-order valence-electron chi connectivity index (χ3n) is 1.92. The number of hydrogen-bond acceptors (Lipinski definition) is 4. The molecule has 0 bridgehead atoms. The Morgan fingerprint density at radius 1 is 1.28 bits per heavy atom. The zero-order chi connectivity index (χ0) is 13.9. The van der Waals surface area contributed by atoms with Gasteiger partial charge in [-0.1, -0.05) is 0 Å². The fourth-order valence-electron chi connectivity index (χ4n) is 1.20. The van der Waals surface area contributed by atoms with Crippen LogP contribution in [-0.4, -0.2) is 29.7 Å². The number of carboxylic acids is 1. The molecule has 0 aromatic heterocycles. The molecule has 1 aromatic rings. The second-order valence-corrected chi connectivity index (χ2v) is 3.23. The maximum absolute atomic E-state index is 12.0. The fourth-order valence-corrected chi connectivity index (χ4v) is 1.20. The van der Waals surface area contributed by atoms with Gasteiger partial charge in [-0.3, -0.25) is 0 Å². The van der Waals surface area contributed by atoms with Crippen LogP contribution in [0, 0.1) is 0 Å². The first-order chi connectivity index (χ1) is 8.23. The Labute approximate surface area is 99.4 Å². The average Bonchev–Trinajstić information content (AvgIpc) is 2.24. The van der Waals surface area contributed by atoms with E-state index in [-0.39, 0.29) is 11.3 Å². The molecule has 1 unspecified atom stereocenters. The van der Waals surface area contributed by atoms with Crippen LogP contribution < -0.4 is 9.47 Å². The SMILES string of the molecule is COc1cc(OC(F)(F)F)cc(C(O)C(=O)O)c1. The van der Waals surface area contributed by atoms with Gasteiger partial charge in [0.15, 0.2) is 6.10 Å². The smallest absolute Gasteiger partial charge is 0.497 e. The summed E-state index contributed by atoms with van der Waals surface area (Å²) in [4.78, 5) is 10.5. The third kappa shape index (κ3) is 3.81. The van der Waals surface area contributed by atoms with Crippen molar-refractivity contribution in [1.29, 1.82) is 0 Å². The molecular formula is C10H9F3O5. The van der Waals surface area contributed by atoms with Crippen molar-refractivity contribution in [2.45, 2.75) is 12.5 Å². The van der Waals surface area contributed by atoms with Gasteiger partial charge in [0.1, 0.15) is 11.5 Å². The van der Waals surface area contributed by atoms with E-state index in [2.05, 4.69) is 9.47 Å². The number of halogens is 3. The van der Waals surface area contributed by atoms with Crippen LogP contribution >= 0.6 is 0 Å². The van der Waals surface area contributed by atoms with Gasteiger partial charge < -0.3 is 19.7 Å². The minimum atomic E-state index is -4.92. The normalized spacial score (nSPS) is 12.9. The molecule has 0 saturated heterocycles. The van der Waals surface area contributed by atoms with Crippen LogP contribution in [0.5, 0.6) is 11.5 Å². The molecule has 18 heavy (non-hydrogen) atoms. The van der Waals surface area contributed by atoms with Crippen LogP contribution in [0.3, 0.4) is 0 Å². The van der Waals surface area contributed by atoms with E-state index in [4.69, 9.17) is 5.11 Å². The van der Waals surface area contributed by atoms with E-state index in [1.165, 1.54) is 7.11 Å². The lowest BCUT2D eigenvalue weighted by atomic mass is 10.1. The number of carbonyl (C=O) groups is 1. The number of aliphatic carboxylic acids is 1. The second kappa shape index (κ2) is 5.13. The van der Waals surface area contributed by atoms with E-state index in [9.17, 15) is 23.1 Å². The predicted molar refractivity (Wildman–Crippen MR) is 52.3 cm³/mol. The molecule has 0 radical (unpaired) electrons. The summed E-state index contributed by atoms with van der Waals surface area (Å²) in [6.07, 6.45) is -6.88. The standard InChI is InChI=1S/C10H9F3O5/c1-17-6-2-5(8(14)9(15)16)3-7(4-6)18-10(11,12)13/h2-4,8,14H,1H3,(H,15,16). The van der Waals surface area contributed by atoms with E-state index in [1.807, 2.05) is 0 Å². The van der Waals surface area contributed by atoms with Crippen molar-refractivity contribution in [3.8, 4) is 11.5 Å². The molecule has 0 saturated carbocycles. The van der Waals surface area contributed by atoms with Crippen molar-refractivity contribution in [2.24, 2.45) is 0 Å². The van der Waals surface area contributed by atoms with Gasteiger partial charge in [0, 0.05) is 6.07 Å². The predicted octanol–water partition coefficient (Wildman–Crippen LogP) is 1.71. The Kier molecular flexibility index (Phi) is 4.02. The molecule has 5 nitrogen and oxygen atoms in total. The fraction of sp³-hybridized carbons (Fsp3) is 0.300. The highest BCUT2D eigenvalue weighted by Gasteiger charge is 2.32. The molecule has 0 aliphatic heterocycles. The summed E-state index contributed by atoms with van der Waals surface area (Å²) in [7, 11) is 1.18. The molecule has 0 amide bonds. The van der Waals surface area contributed by atoms with E-state index < -0.39 is 24.2 Å². The zero-order valence-electron chi connectivity index (χ0n) is 9.06. The Morgan fingerprint density at radius 2 is 1.83 bits per heavy atom. The molecule has 1 aromatic carbocycles. The maximum Gasteiger partial charge on any atom is 0.573 e. The second-order valence-electron chi connectivity index (χ2n) is 3.23. The topological polar surface area (TPSA) is 76.0 Å². The Balaban J connectivity index is 3.13. The minimum absolute atomic E-state index is 0.0629. The molecule has 0 aliphatic rings. The average molecular weight is 266 g/mol. The molecule has 1 rings (SSSR count). The summed E-state index contributed by atoms with van der Waals surface area (Å²) in [5.41, 5.74) is -0.277. The summed E-state index contributed by atoms with van der Waals surface area (Å²) < 4.78 is 44.4. The summed E-state index contributed by atoms with van der Waals surface area (Å²) in [5, 5.41) is 17.8. The molecule has 0 fully saturated rings. The number of carboxylic acid groups (broad SMARTS) is 1. The number of hydrogen-bond donors (Lipinski definition) is 2. The Morgan fingerprint density at radius 3 is 2.28 bits per heavy atom. The van der Waals surface area contributed by atoms with Gasteiger partial charge in [0.2, 0.25) is 0 Å². The van der Waals surface area contributed by atoms with Crippen molar-refractivity contribution in [3.05, 3.63) is 23.8 Å². The summed E-state index contributed by atoms with van der Waals surface area (Å²) in [6, 6.07) is 2.79. The number of aliphatic hydroxyl groups excluding tert-OH is 1. The van der Waals surface area contributed by atoms with Crippen LogP contribution in [0.15, 0.2) is 18.2 Å². The van der Waals surface area contributed by atoms with Gasteiger partial charge in [0.25, 0.3) is 0 Å². The largest absolute Gasteiger partial charge is 0.573 e. The number of rotatable bonds is 4. The number of methoxy groups -OCH3 is 1. The molecule has 100 valence electrons. The Hall–Kier alpha value is -1.96. The van der Waals surface area contributed by atoms with Crippen molar-refractivity contribution in [2.75, 3.05) is 7.11 Å². The number of aliphatic hydroxyl groups is 1. The molecule has 2 N–H and O–H groups in total. The molecule has 0 heterocycles. The number of ether oxygens (including phenoxy) is 2. The van der Waals surface area contributed by atoms with Crippen molar-refractivity contribution in [3.63, 3.8) is 0 Å². The van der Waals surface area contributed by atoms with E-state index in [1.54, 1.807) is 0 Å². The summed E-state index contributed by atoms with van der Waals surface area (Å²) in [5.74, 6) is -2.33. The van der Waals surface area contributed by atoms with Gasteiger partial charge in [-0.25, -0.2) is 4.79 Å². The van der Waals surface area contributed by atoms with E-state index in [0.717, 1.165) is 18.2 Å². The quantitative estimate of drug-likeness (QED) is 0.867. The van der Waals surface area contributed by atoms with Crippen molar-refractivity contribution >= 4 is 5.97 Å². The highest BCUT2D eigenvalue weighted by Crippen LogP contribution is 2.30. The molecule has 1 atom stereocenters. The summed E-state index contributed by atoms with van der Waals surface area (Å²) >= 11 is 0. The molecule has 0 spiro atoms. The van der Waals surface area contributed by atoms with E-state index in [0.29, 0.717) is 0 Å². The van der Waals surface area contributed by atoms with Crippen LogP contribution in [-0.2, 0) is 4.79 Å². The first-order valence-electron chi connectivity index (χ1n) is 4.58. The molecular weight excluding hydrogens is 257 g/mol. The maximum atomic E-state index is 12.0. The van der Waals surface area contributed by atoms with E-state index >= 15 is 0 Å². The van der Waals surface area contributed by atoms with Crippen LogP contribution in [0.1, 0.15) is 11.7 Å². The van der Waals surface area contributed by atoms with Gasteiger partial charge in [-0.15, -0.1) is 13.2 Å². The van der Waals surface area contributed by atoms with Gasteiger partial charge in [0.05, 0.1) is 7.11 Å². The third-order valence-corrected chi connectivity index (χ3v) is 1.92. The lowest BCUT2D eigenvalue weighted by Crippen LogP contribution is -2.18. The lowest BCUT2D eigenvalue weighted by Gasteiger charge is -2.13. The lowest BCUT2D eigenvalue weighted by molar-refractivity contribution is -0.274. The minimum Gasteiger partial charge on any atom is -0.497 e. The van der Waals surface area contributed by atoms with Crippen molar-refractivity contribution < 1.29 is 37.7 Å². The highest BCUT2D eigenvalue weighted by atomic mass is 19.4.